The molecule has 1 aliphatic carbocycles. The molecule has 1 heterocycles. The van der Waals surface area contributed by atoms with Gasteiger partial charge in [0.2, 0.25) is 5.69 Å². The van der Waals surface area contributed by atoms with Gasteiger partial charge in [-0.15, -0.1) is 0 Å². The number of nitrogens with zero attached hydrogens (tertiary/aromatic N) is 2. The Bertz CT molecular complexity index is 2480. The highest BCUT2D eigenvalue weighted by Crippen LogP contribution is 2.60. The van der Waals surface area contributed by atoms with Crippen molar-refractivity contribution in [3.05, 3.63) is 204 Å². The molecule has 0 spiro atoms. The van der Waals surface area contributed by atoms with Crippen LogP contribution < -0.4 is 0 Å². The second-order valence-electron chi connectivity index (χ2n) is 12.2. The van der Waals surface area contributed by atoms with E-state index in [1.807, 2.05) is 12.3 Å². The minimum absolute atomic E-state index is 0.526. The SMILES string of the molecule is [C-]#[N+]c1cncc(-c2cccc(-c3cc4c(c5ccccc35)-c3c(ccc5ccccc35)C4(c3ccccc3)c3ccccc3)c2)c1. The van der Waals surface area contributed by atoms with E-state index in [4.69, 9.17) is 6.57 Å². The smallest absolute Gasteiger partial charge is 0.205 e. The summed E-state index contributed by atoms with van der Waals surface area (Å²) in [7, 11) is 0. The molecule has 0 fully saturated rings. The average Bonchev–Trinajstić information content (AvgIpc) is 3.47. The van der Waals surface area contributed by atoms with Gasteiger partial charge in [-0.1, -0.05) is 140 Å². The average molecular weight is 597 g/mol. The van der Waals surface area contributed by atoms with Crippen LogP contribution in [-0.4, -0.2) is 4.98 Å². The topological polar surface area (TPSA) is 17.2 Å². The summed E-state index contributed by atoms with van der Waals surface area (Å²) >= 11 is 0. The lowest BCUT2D eigenvalue weighted by Crippen LogP contribution is -2.28. The first-order valence-corrected chi connectivity index (χ1v) is 15.9. The van der Waals surface area contributed by atoms with E-state index in [0.717, 1.165) is 16.7 Å². The second kappa shape index (κ2) is 10.7. The first kappa shape index (κ1) is 27.0. The van der Waals surface area contributed by atoms with Crippen molar-refractivity contribution in [2.24, 2.45) is 0 Å². The Morgan fingerprint density at radius 1 is 0.468 bits per heavy atom. The van der Waals surface area contributed by atoms with Crippen molar-refractivity contribution in [1.29, 1.82) is 0 Å². The summed E-state index contributed by atoms with van der Waals surface area (Å²) in [5.74, 6) is 0. The molecule has 0 atom stereocenters. The fraction of sp³-hybridized carbons (Fsp3) is 0.0222. The Hall–Kier alpha value is -6.30. The van der Waals surface area contributed by atoms with Gasteiger partial charge in [-0.2, -0.15) is 0 Å². The molecule has 2 nitrogen and oxygen atoms in total. The third-order valence-corrected chi connectivity index (χ3v) is 9.81. The molecule has 0 radical (unpaired) electrons. The van der Waals surface area contributed by atoms with Crippen molar-refractivity contribution in [1.82, 2.24) is 4.98 Å². The number of hydrogen-bond acceptors (Lipinski definition) is 1. The Labute approximate surface area is 274 Å². The van der Waals surface area contributed by atoms with Gasteiger partial charge >= 0.3 is 0 Å². The van der Waals surface area contributed by atoms with Crippen molar-refractivity contribution < 1.29 is 0 Å². The number of hydrogen-bond donors (Lipinski definition) is 0. The molecule has 0 unspecified atom stereocenters. The summed E-state index contributed by atoms with van der Waals surface area (Å²) < 4.78 is 0. The van der Waals surface area contributed by atoms with Crippen LogP contribution in [0.2, 0.25) is 0 Å². The van der Waals surface area contributed by atoms with E-state index in [9.17, 15) is 0 Å². The largest absolute Gasteiger partial charge is 0.276 e. The number of rotatable bonds is 4. The van der Waals surface area contributed by atoms with E-state index < -0.39 is 5.41 Å². The number of aromatic nitrogens is 1. The van der Waals surface area contributed by atoms with E-state index in [0.29, 0.717) is 5.69 Å². The molecule has 0 saturated heterocycles. The second-order valence-corrected chi connectivity index (χ2v) is 12.2. The third kappa shape index (κ3) is 4.00. The van der Waals surface area contributed by atoms with Gasteiger partial charge in [0.15, 0.2) is 0 Å². The molecule has 1 aromatic heterocycles. The zero-order chi connectivity index (χ0) is 31.4. The summed E-state index contributed by atoms with van der Waals surface area (Å²) in [6, 6.07) is 57.3. The van der Waals surface area contributed by atoms with Gasteiger partial charge in [-0.05, 0) is 95.4 Å². The van der Waals surface area contributed by atoms with Crippen LogP contribution in [0.3, 0.4) is 0 Å². The quantitative estimate of drug-likeness (QED) is 0.185. The molecule has 7 aromatic carbocycles. The molecule has 1 aliphatic rings. The fourth-order valence-corrected chi connectivity index (χ4v) is 7.86. The van der Waals surface area contributed by atoms with Gasteiger partial charge in [0.05, 0.1) is 12.0 Å². The van der Waals surface area contributed by atoms with Crippen molar-refractivity contribution in [2.75, 3.05) is 0 Å². The standard InChI is InChI=1S/C45H28N2/c1-46-36-26-33(28-47-29-36)31-14-12-15-32(25-31)40-27-42-44(39-22-11-10-21-38(39)40)43-37-20-9-8-13-30(37)23-24-41(43)45(42,34-16-4-2-5-17-34)35-18-6-3-7-19-35/h2-29H. The first-order chi connectivity index (χ1) is 23.3. The molecule has 0 bridgehead atoms. The van der Waals surface area contributed by atoms with E-state index in [2.05, 4.69) is 161 Å². The number of fused-ring (bicyclic) bond motifs is 7. The van der Waals surface area contributed by atoms with Crippen molar-refractivity contribution in [2.45, 2.75) is 5.41 Å². The summed E-state index contributed by atoms with van der Waals surface area (Å²) in [5.41, 5.74) is 12.0. The lowest BCUT2D eigenvalue weighted by atomic mass is 9.67. The summed E-state index contributed by atoms with van der Waals surface area (Å²) in [6.45, 7) is 7.51. The Morgan fingerprint density at radius 2 is 1.11 bits per heavy atom. The lowest BCUT2D eigenvalue weighted by molar-refractivity contribution is 0.770. The zero-order valence-corrected chi connectivity index (χ0v) is 25.6. The Morgan fingerprint density at radius 3 is 1.85 bits per heavy atom. The predicted octanol–water partition coefficient (Wildman–Crippen LogP) is 11.6. The molecule has 0 N–H and O–H groups in total. The van der Waals surface area contributed by atoms with E-state index in [1.165, 1.54) is 60.5 Å². The fourth-order valence-electron chi connectivity index (χ4n) is 7.86. The normalized spacial score (nSPS) is 12.8. The number of pyridine rings is 1. The third-order valence-electron chi connectivity index (χ3n) is 9.81. The van der Waals surface area contributed by atoms with Gasteiger partial charge < -0.3 is 0 Å². The molecule has 0 aliphatic heterocycles. The highest BCUT2D eigenvalue weighted by molar-refractivity contribution is 6.15. The van der Waals surface area contributed by atoms with Gasteiger partial charge in [0.25, 0.3) is 0 Å². The molecule has 47 heavy (non-hydrogen) atoms. The van der Waals surface area contributed by atoms with Crippen LogP contribution in [0, 0.1) is 6.57 Å². The minimum atomic E-state index is -0.526. The summed E-state index contributed by atoms with van der Waals surface area (Å²) in [4.78, 5) is 7.97. The lowest BCUT2D eigenvalue weighted by Gasteiger charge is -2.34. The van der Waals surface area contributed by atoms with Crippen LogP contribution >= 0.6 is 0 Å². The van der Waals surface area contributed by atoms with Crippen molar-refractivity contribution >= 4 is 27.2 Å². The molecule has 8 aromatic rings. The molecular weight excluding hydrogens is 569 g/mol. The van der Waals surface area contributed by atoms with Crippen LogP contribution in [0.1, 0.15) is 22.3 Å². The molecule has 2 heteroatoms. The van der Waals surface area contributed by atoms with Gasteiger partial charge in [0, 0.05) is 12.4 Å². The minimum Gasteiger partial charge on any atom is -0.276 e. The highest BCUT2D eigenvalue weighted by Gasteiger charge is 2.47. The maximum absolute atomic E-state index is 7.51. The van der Waals surface area contributed by atoms with Crippen LogP contribution in [-0.2, 0) is 5.41 Å². The van der Waals surface area contributed by atoms with Crippen molar-refractivity contribution in [3.8, 4) is 33.4 Å². The van der Waals surface area contributed by atoms with E-state index in [1.54, 1.807) is 6.20 Å². The monoisotopic (exact) mass is 596 g/mol. The van der Waals surface area contributed by atoms with Crippen molar-refractivity contribution in [3.63, 3.8) is 0 Å². The predicted molar refractivity (Wildman–Crippen MR) is 194 cm³/mol. The van der Waals surface area contributed by atoms with Crippen LogP contribution in [0.4, 0.5) is 5.69 Å². The molecule has 9 rings (SSSR count). The molecular formula is C45H28N2. The summed E-state index contributed by atoms with van der Waals surface area (Å²) in [6.07, 6.45) is 3.45. The van der Waals surface area contributed by atoms with Crippen LogP contribution in [0.25, 0.3) is 59.8 Å². The molecule has 0 amide bonds. The van der Waals surface area contributed by atoms with E-state index >= 15 is 0 Å². The Balaban J connectivity index is 1.43. The van der Waals surface area contributed by atoms with Crippen LogP contribution in [0.5, 0.6) is 0 Å². The zero-order valence-electron chi connectivity index (χ0n) is 25.6. The first-order valence-electron chi connectivity index (χ1n) is 15.9. The number of benzene rings is 7. The molecule has 218 valence electrons. The van der Waals surface area contributed by atoms with E-state index in [-0.39, 0.29) is 0 Å². The summed E-state index contributed by atoms with van der Waals surface area (Å²) in [5, 5.41) is 4.97. The van der Waals surface area contributed by atoms with Gasteiger partial charge in [-0.25, -0.2) is 4.85 Å². The molecule has 0 saturated carbocycles. The maximum atomic E-state index is 7.51. The maximum Gasteiger partial charge on any atom is 0.205 e. The highest BCUT2D eigenvalue weighted by atomic mass is 14.7. The van der Waals surface area contributed by atoms with Gasteiger partial charge in [-0.3, -0.25) is 4.98 Å². The van der Waals surface area contributed by atoms with Gasteiger partial charge in [0.1, 0.15) is 0 Å². The Kier molecular flexibility index (Phi) is 6.13. The van der Waals surface area contributed by atoms with Crippen LogP contribution in [0.15, 0.2) is 170 Å².